The molecule has 1 aliphatic rings. The van der Waals surface area contributed by atoms with Gasteiger partial charge in [-0.25, -0.2) is 4.68 Å². The zero-order valence-electron chi connectivity index (χ0n) is 16.7. The molecule has 9 heteroatoms. The topological polar surface area (TPSA) is 123 Å². The van der Waals surface area contributed by atoms with Crippen LogP contribution in [0.3, 0.4) is 0 Å². The summed E-state index contributed by atoms with van der Waals surface area (Å²) < 4.78 is 1.70. The quantitative estimate of drug-likeness (QED) is 0.294. The number of nitrogens with zero attached hydrogens (tertiary/aromatic N) is 5. The molecule has 1 aromatic carbocycles. The molecule has 0 saturated carbocycles. The van der Waals surface area contributed by atoms with E-state index in [1.807, 2.05) is 36.5 Å². The molecule has 2 aromatic heterocycles. The van der Waals surface area contributed by atoms with Crippen LogP contribution in [-0.2, 0) is 0 Å². The Kier molecular flexibility index (Phi) is 5.32. The Balaban J connectivity index is 1.61. The van der Waals surface area contributed by atoms with Crippen LogP contribution >= 0.6 is 0 Å². The van der Waals surface area contributed by atoms with Gasteiger partial charge in [0.1, 0.15) is 0 Å². The molecule has 2 atom stereocenters. The SMILES string of the molecule is CC1CC(N(C)c2ccc(-c3ccc(-n4cccn4)c(N)c3NN)nn2)CCN1. The van der Waals surface area contributed by atoms with Crippen LogP contribution in [0.15, 0.2) is 42.7 Å². The number of hydrogen-bond acceptors (Lipinski definition) is 8. The smallest absolute Gasteiger partial charge is 0.151 e. The molecule has 4 rings (SSSR count). The minimum atomic E-state index is 0.455. The molecule has 152 valence electrons. The van der Waals surface area contributed by atoms with Crippen molar-refractivity contribution < 1.29 is 0 Å². The first kappa shape index (κ1) is 19.2. The van der Waals surface area contributed by atoms with Gasteiger partial charge < -0.3 is 21.4 Å². The fourth-order valence-corrected chi connectivity index (χ4v) is 3.89. The number of nitrogens with two attached hydrogens (primary N) is 2. The summed E-state index contributed by atoms with van der Waals surface area (Å²) in [5, 5.41) is 16.6. The fraction of sp³-hybridized carbons (Fsp3) is 0.350. The molecule has 9 nitrogen and oxygen atoms in total. The van der Waals surface area contributed by atoms with Crippen molar-refractivity contribution in [2.75, 3.05) is 29.7 Å². The Morgan fingerprint density at radius 2 is 2.10 bits per heavy atom. The van der Waals surface area contributed by atoms with Crippen LogP contribution in [0.1, 0.15) is 19.8 Å². The van der Waals surface area contributed by atoms with E-state index in [4.69, 9.17) is 11.6 Å². The first-order valence-electron chi connectivity index (χ1n) is 9.78. The second kappa shape index (κ2) is 8.06. The van der Waals surface area contributed by atoms with Crippen LogP contribution < -0.4 is 27.2 Å². The first-order chi connectivity index (χ1) is 14.1. The first-order valence-corrected chi connectivity index (χ1v) is 9.78. The number of benzene rings is 1. The van der Waals surface area contributed by atoms with Crippen molar-refractivity contribution in [1.82, 2.24) is 25.3 Å². The molecule has 0 bridgehead atoms. The molecule has 1 saturated heterocycles. The second-order valence-corrected chi connectivity index (χ2v) is 7.44. The van der Waals surface area contributed by atoms with Gasteiger partial charge in [0.15, 0.2) is 5.82 Å². The maximum atomic E-state index is 6.35. The number of nitrogen functional groups attached to an aromatic ring is 2. The molecular formula is C20H27N9. The standard InChI is InChI=1S/C20H27N9/c1-13-12-14(8-10-23-13)28(2)18-7-5-16(26-27-18)15-4-6-17(19(21)20(15)25-22)29-11-3-9-24-29/h3-7,9,11,13-14,23,25H,8,10,12,21-22H2,1-2H3. The molecule has 3 aromatic rings. The molecule has 6 N–H and O–H groups in total. The van der Waals surface area contributed by atoms with Crippen molar-refractivity contribution in [2.45, 2.75) is 31.8 Å². The molecular weight excluding hydrogens is 366 g/mol. The van der Waals surface area contributed by atoms with Crippen LogP contribution in [0.25, 0.3) is 16.9 Å². The second-order valence-electron chi connectivity index (χ2n) is 7.44. The highest BCUT2D eigenvalue weighted by atomic mass is 15.3. The van der Waals surface area contributed by atoms with Crippen molar-refractivity contribution in [3.05, 3.63) is 42.7 Å². The summed E-state index contributed by atoms with van der Waals surface area (Å²) in [7, 11) is 2.08. The lowest BCUT2D eigenvalue weighted by atomic mass is 9.99. The third-order valence-corrected chi connectivity index (χ3v) is 5.55. The third kappa shape index (κ3) is 3.74. The van der Waals surface area contributed by atoms with E-state index in [9.17, 15) is 0 Å². The van der Waals surface area contributed by atoms with E-state index in [0.29, 0.717) is 29.2 Å². The summed E-state index contributed by atoms with van der Waals surface area (Å²) in [5.41, 5.74) is 12.4. The van der Waals surface area contributed by atoms with Crippen molar-refractivity contribution >= 4 is 17.2 Å². The van der Waals surface area contributed by atoms with Gasteiger partial charge in [0.05, 0.1) is 22.8 Å². The monoisotopic (exact) mass is 393 g/mol. The number of hydrogen-bond donors (Lipinski definition) is 4. The van der Waals surface area contributed by atoms with Crippen LogP contribution in [0, 0.1) is 0 Å². The number of nitrogens with one attached hydrogen (secondary N) is 2. The average molecular weight is 393 g/mol. The van der Waals surface area contributed by atoms with Gasteiger partial charge in [-0.3, -0.25) is 5.84 Å². The van der Waals surface area contributed by atoms with Gasteiger partial charge in [0.25, 0.3) is 0 Å². The highest BCUT2D eigenvalue weighted by molar-refractivity contribution is 5.89. The third-order valence-electron chi connectivity index (χ3n) is 5.55. The number of aromatic nitrogens is 4. The van der Waals surface area contributed by atoms with Crippen molar-refractivity contribution in [2.24, 2.45) is 5.84 Å². The molecule has 3 heterocycles. The largest absolute Gasteiger partial charge is 0.395 e. The van der Waals surface area contributed by atoms with E-state index in [0.717, 1.165) is 36.5 Å². The van der Waals surface area contributed by atoms with Crippen molar-refractivity contribution in [1.29, 1.82) is 0 Å². The van der Waals surface area contributed by atoms with Gasteiger partial charge in [-0.15, -0.1) is 10.2 Å². The number of hydrazine groups is 1. The number of piperidine rings is 1. The van der Waals surface area contributed by atoms with Gasteiger partial charge >= 0.3 is 0 Å². The average Bonchev–Trinajstić information content (AvgIpc) is 3.27. The van der Waals surface area contributed by atoms with Crippen molar-refractivity contribution in [3.8, 4) is 16.9 Å². The van der Waals surface area contributed by atoms with Crippen LogP contribution in [0.4, 0.5) is 17.2 Å². The highest BCUT2D eigenvalue weighted by Crippen LogP contribution is 2.35. The summed E-state index contributed by atoms with van der Waals surface area (Å²) in [6, 6.07) is 10.6. The minimum absolute atomic E-state index is 0.455. The summed E-state index contributed by atoms with van der Waals surface area (Å²) in [6.07, 6.45) is 5.72. The van der Waals surface area contributed by atoms with Gasteiger partial charge in [0, 0.05) is 37.1 Å². The number of rotatable bonds is 5. The van der Waals surface area contributed by atoms with E-state index in [2.05, 4.69) is 44.9 Å². The Morgan fingerprint density at radius 3 is 2.76 bits per heavy atom. The molecule has 0 radical (unpaired) electrons. The zero-order chi connectivity index (χ0) is 20.4. The predicted molar refractivity (Wildman–Crippen MR) is 116 cm³/mol. The zero-order valence-corrected chi connectivity index (χ0v) is 16.7. The Hall–Kier alpha value is -3.17. The van der Waals surface area contributed by atoms with E-state index in [1.165, 1.54) is 0 Å². The van der Waals surface area contributed by atoms with E-state index >= 15 is 0 Å². The molecule has 0 amide bonds. The molecule has 0 aliphatic carbocycles. The lowest BCUT2D eigenvalue weighted by Gasteiger charge is -2.35. The van der Waals surface area contributed by atoms with Gasteiger partial charge in [-0.05, 0) is 56.6 Å². The van der Waals surface area contributed by atoms with E-state index < -0.39 is 0 Å². The molecule has 29 heavy (non-hydrogen) atoms. The highest BCUT2D eigenvalue weighted by Gasteiger charge is 2.23. The molecule has 2 unspecified atom stereocenters. The lowest BCUT2D eigenvalue weighted by Crippen LogP contribution is -2.45. The molecule has 1 fully saturated rings. The Labute approximate surface area is 170 Å². The van der Waals surface area contributed by atoms with E-state index in [1.54, 1.807) is 10.9 Å². The summed E-state index contributed by atoms with van der Waals surface area (Å²) in [4.78, 5) is 2.21. The molecule has 0 spiro atoms. The lowest BCUT2D eigenvalue weighted by molar-refractivity contribution is 0.370. The van der Waals surface area contributed by atoms with Crippen molar-refractivity contribution in [3.63, 3.8) is 0 Å². The summed E-state index contributed by atoms with van der Waals surface area (Å²) >= 11 is 0. The Morgan fingerprint density at radius 1 is 1.24 bits per heavy atom. The maximum Gasteiger partial charge on any atom is 0.151 e. The van der Waals surface area contributed by atoms with Crippen LogP contribution in [0.5, 0.6) is 0 Å². The van der Waals surface area contributed by atoms with Gasteiger partial charge in [-0.2, -0.15) is 5.10 Å². The van der Waals surface area contributed by atoms with Gasteiger partial charge in [-0.1, -0.05) is 0 Å². The summed E-state index contributed by atoms with van der Waals surface area (Å²) in [5.74, 6) is 6.64. The maximum absolute atomic E-state index is 6.35. The fourth-order valence-electron chi connectivity index (χ4n) is 3.89. The number of anilines is 3. The summed E-state index contributed by atoms with van der Waals surface area (Å²) in [6.45, 7) is 3.24. The van der Waals surface area contributed by atoms with Crippen LogP contribution in [0.2, 0.25) is 0 Å². The van der Waals surface area contributed by atoms with Crippen LogP contribution in [-0.4, -0.2) is 45.7 Å². The van der Waals surface area contributed by atoms with Gasteiger partial charge in [0.2, 0.25) is 0 Å². The predicted octanol–water partition coefficient (Wildman–Crippen LogP) is 1.77. The minimum Gasteiger partial charge on any atom is -0.395 e. The Bertz CT molecular complexity index is 953. The normalized spacial score (nSPS) is 19.1. The molecule has 1 aliphatic heterocycles. The van der Waals surface area contributed by atoms with E-state index in [-0.39, 0.29) is 0 Å².